The van der Waals surface area contributed by atoms with E-state index in [2.05, 4.69) is 5.10 Å². The van der Waals surface area contributed by atoms with Crippen LogP contribution in [0.1, 0.15) is 29.7 Å². The molecule has 0 aliphatic rings. The molecule has 0 spiro atoms. The molecular formula is C14H17FN2O. The van der Waals surface area contributed by atoms with Gasteiger partial charge >= 0.3 is 0 Å². The minimum atomic E-state index is -0.647. The Kier molecular flexibility index (Phi) is 3.77. The third kappa shape index (κ3) is 2.76. The van der Waals surface area contributed by atoms with Crippen molar-refractivity contribution in [3.8, 4) is 0 Å². The van der Waals surface area contributed by atoms with Crippen molar-refractivity contribution < 1.29 is 9.50 Å². The van der Waals surface area contributed by atoms with E-state index in [4.69, 9.17) is 0 Å². The summed E-state index contributed by atoms with van der Waals surface area (Å²) >= 11 is 0. The molecule has 0 fully saturated rings. The maximum absolute atomic E-state index is 13.2. The van der Waals surface area contributed by atoms with Gasteiger partial charge in [-0.2, -0.15) is 5.10 Å². The molecule has 1 aromatic carbocycles. The normalized spacial score (nSPS) is 12.7. The molecule has 1 atom stereocenters. The Morgan fingerprint density at radius 3 is 2.89 bits per heavy atom. The zero-order valence-corrected chi connectivity index (χ0v) is 10.6. The predicted molar refractivity (Wildman–Crippen MR) is 67.7 cm³/mol. The van der Waals surface area contributed by atoms with Gasteiger partial charge in [-0.25, -0.2) is 4.39 Å². The van der Waals surface area contributed by atoms with Crippen LogP contribution in [0.25, 0.3) is 0 Å². The molecule has 0 aliphatic carbocycles. The highest BCUT2D eigenvalue weighted by Crippen LogP contribution is 2.20. The fraction of sp³-hybridized carbons (Fsp3) is 0.357. The summed E-state index contributed by atoms with van der Waals surface area (Å²) in [6, 6.07) is 4.63. The standard InChI is InChI=1S/C14H17FN2O/c1-3-17-9-12(8-16-17)14(18)7-11-6-13(15)5-4-10(11)2/h4-6,8-9,14,18H,3,7H2,1-2H3. The quantitative estimate of drug-likeness (QED) is 0.903. The first-order valence-electron chi connectivity index (χ1n) is 6.05. The maximum Gasteiger partial charge on any atom is 0.123 e. The average molecular weight is 248 g/mol. The molecule has 1 N–H and O–H groups in total. The third-order valence-corrected chi connectivity index (χ3v) is 3.09. The van der Waals surface area contributed by atoms with Gasteiger partial charge in [0, 0.05) is 24.7 Å². The minimum Gasteiger partial charge on any atom is -0.388 e. The van der Waals surface area contributed by atoms with Gasteiger partial charge in [-0.3, -0.25) is 4.68 Å². The zero-order chi connectivity index (χ0) is 13.1. The van der Waals surface area contributed by atoms with E-state index in [1.807, 2.05) is 20.0 Å². The second-order valence-electron chi connectivity index (χ2n) is 4.42. The summed E-state index contributed by atoms with van der Waals surface area (Å²) in [7, 11) is 0. The highest BCUT2D eigenvalue weighted by Gasteiger charge is 2.12. The highest BCUT2D eigenvalue weighted by molar-refractivity contribution is 5.28. The van der Waals surface area contributed by atoms with Crippen molar-refractivity contribution in [1.82, 2.24) is 9.78 Å². The molecule has 0 amide bonds. The van der Waals surface area contributed by atoms with Crippen molar-refractivity contribution in [3.05, 3.63) is 53.1 Å². The average Bonchev–Trinajstić information content (AvgIpc) is 2.82. The maximum atomic E-state index is 13.2. The van der Waals surface area contributed by atoms with E-state index in [-0.39, 0.29) is 5.82 Å². The molecule has 0 aliphatic heterocycles. The summed E-state index contributed by atoms with van der Waals surface area (Å²) in [5.41, 5.74) is 2.57. The number of aliphatic hydroxyl groups is 1. The minimum absolute atomic E-state index is 0.271. The van der Waals surface area contributed by atoms with Crippen LogP contribution < -0.4 is 0 Å². The van der Waals surface area contributed by atoms with Gasteiger partial charge in [-0.15, -0.1) is 0 Å². The Balaban J connectivity index is 2.15. The molecule has 96 valence electrons. The summed E-state index contributed by atoms with van der Waals surface area (Å²) < 4.78 is 14.9. The Labute approximate surface area is 106 Å². The first kappa shape index (κ1) is 12.8. The molecule has 18 heavy (non-hydrogen) atoms. The van der Waals surface area contributed by atoms with Gasteiger partial charge < -0.3 is 5.11 Å². The fourth-order valence-corrected chi connectivity index (χ4v) is 1.91. The summed E-state index contributed by atoms with van der Waals surface area (Å²) in [6.45, 7) is 4.67. The number of halogens is 1. The Bertz CT molecular complexity index is 536. The number of nitrogens with zero attached hydrogens (tertiary/aromatic N) is 2. The van der Waals surface area contributed by atoms with Crippen LogP contribution in [0.4, 0.5) is 4.39 Å². The largest absolute Gasteiger partial charge is 0.388 e. The van der Waals surface area contributed by atoms with Crippen LogP contribution in [-0.4, -0.2) is 14.9 Å². The molecule has 0 bridgehead atoms. The van der Waals surface area contributed by atoms with Crippen molar-refractivity contribution in [3.63, 3.8) is 0 Å². The summed E-state index contributed by atoms with van der Waals surface area (Å²) in [4.78, 5) is 0. The van der Waals surface area contributed by atoms with Crippen LogP contribution >= 0.6 is 0 Å². The van der Waals surface area contributed by atoms with Crippen LogP contribution in [0, 0.1) is 12.7 Å². The van der Waals surface area contributed by atoms with E-state index >= 15 is 0 Å². The molecule has 1 heterocycles. The summed E-state index contributed by atoms with van der Waals surface area (Å²) in [6.07, 6.45) is 3.23. The second kappa shape index (κ2) is 5.31. The van der Waals surface area contributed by atoms with Gasteiger partial charge in [0.15, 0.2) is 0 Å². The SMILES string of the molecule is CCn1cc(C(O)Cc2cc(F)ccc2C)cn1. The molecular weight excluding hydrogens is 231 g/mol. The van der Waals surface area contributed by atoms with E-state index in [0.29, 0.717) is 6.42 Å². The van der Waals surface area contributed by atoms with Crippen molar-refractivity contribution in [2.45, 2.75) is 32.9 Å². The van der Waals surface area contributed by atoms with E-state index in [0.717, 1.165) is 23.2 Å². The molecule has 0 saturated heterocycles. The number of benzene rings is 1. The van der Waals surface area contributed by atoms with Gasteiger partial charge in [0.2, 0.25) is 0 Å². The number of aryl methyl sites for hydroxylation is 2. The lowest BCUT2D eigenvalue weighted by atomic mass is 10.00. The number of rotatable bonds is 4. The third-order valence-electron chi connectivity index (χ3n) is 3.09. The number of hydrogen-bond donors (Lipinski definition) is 1. The van der Waals surface area contributed by atoms with Crippen LogP contribution in [0.3, 0.4) is 0 Å². The van der Waals surface area contributed by atoms with Crippen molar-refractivity contribution in [2.24, 2.45) is 0 Å². The molecule has 2 rings (SSSR count). The highest BCUT2D eigenvalue weighted by atomic mass is 19.1. The molecule has 0 saturated carbocycles. The lowest BCUT2D eigenvalue weighted by Gasteiger charge is -2.11. The molecule has 3 nitrogen and oxygen atoms in total. The first-order valence-corrected chi connectivity index (χ1v) is 6.05. The van der Waals surface area contributed by atoms with Crippen LogP contribution in [0.2, 0.25) is 0 Å². The Morgan fingerprint density at radius 1 is 1.44 bits per heavy atom. The molecule has 0 radical (unpaired) electrons. The molecule has 1 unspecified atom stereocenters. The van der Waals surface area contributed by atoms with Crippen LogP contribution in [0.5, 0.6) is 0 Å². The van der Waals surface area contributed by atoms with Gasteiger partial charge in [0.1, 0.15) is 5.82 Å². The van der Waals surface area contributed by atoms with Crippen LogP contribution in [-0.2, 0) is 13.0 Å². The van der Waals surface area contributed by atoms with E-state index in [9.17, 15) is 9.50 Å². The molecule has 2 aromatic rings. The van der Waals surface area contributed by atoms with Gasteiger partial charge in [0.05, 0.1) is 12.3 Å². The van der Waals surface area contributed by atoms with Gasteiger partial charge in [0.25, 0.3) is 0 Å². The first-order chi connectivity index (χ1) is 8.60. The van der Waals surface area contributed by atoms with E-state index in [1.54, 1.807) is 16.9 Å². The fourth-order valence-electron chi connectivity index (χ4n) is 1.91. The second-order valence-corrected chi connectivity index (χ2v) is 4.42. The van der Waals surface area contributed by atoms with E-state index < -0.39 is 6.10 Å². The van der Waals surface area contributed by atoms with Crippen molar-refractivity contribution in [1.29, 1.82) is 0 Å². The Hall–Kier alpha value is -1.68. The van der Waals surface area contributed by atoms with Crippen LogP contribution in [0.15, 0.2) is 30.6 Å². The summed E-state index contributed by atoms with van der Waals surface area (Å²) in [5, 5.41) is 14.2. The number of hydrogen-bond acceptors (Lipinski definition) is 2. The number of aromatic nitrogens is 2. The molecule has 1 aromatic heterocycles. The van der Waals surface area contributed by atoms with Crippen molar-refractivity contribution in [2.75, 3.05) is 0 Å². The predicted octanol–water partition coefficient (Wildman–Crippen LogP) is 2.63. The monoisotopic (exact) mass is 248 g/mol. The van der Waals surface area contributed by atoms with Gasteiger partial charge in [-0.1, -0.05) is 6.07 Å². The Morgan fingerprint density at radius 2 is 2.22 bits per heavy atom. The smallest absolute Gasteiger partial charge is 0.123 e. The van der Waals surface area contributed by atoms with Crippen molar-refractivity contribution >= 4 is 0 Å². The lowest BCUT2D eigenvalue weighted by molar-refractivity contribution is 0.178. The zero-order valence-electron chi connectivity index (χ0n) is 10.6. The number of aliphatic hydroxyl groups excluding tert-OH is 1. The van der Waals surface area contributed by atoms with Gasteiger partial charge in [-0.05, 0) is 37.1 Å². The topological polar surface area (TPSA) is 38.0 Å². The molecule has 4 heteroatoms. The lowest BCUT2D eigenvalue weighted by Crippen LogP contribution is -2.03. The van der Waals surface area contributed by atoms with E-state index in [1.165, 1.54) is 12.1 Å². The summed E-state index contributed by atoms with van der Waals surface area (Å²) in [5.74, 6) is -0.271.